The Labute approximate surface area is 110 Å². The van der Waals surface area contributed by atoms with Crippen molar-refractivity contribution >= 4 is 0 Å². The van der Waals surface area contributed by atoms with E-state index in [1.54, 1.807) is 7.11 Å². The Bertz CT molecular complexity index is 513. The molecule has 1 aromatic carbocycles. The Morgan fingerprint density at radius 2 is 2.06 bits per heavy atom. The zero-order chi connectivity index (χ0) is 13.5. The Hall–Kier alpha value is -1.49. The minimum atomic E-state index is -0.250. The summed E-state index contributed by atoms with van der Waals surface area (Å²) in [4.78, 5) is 0. The van der Waals surface area contributed by atoms with Gasteiger partial charge in [-0.3, -0.25) is 0 Å². The third kappa shape index (κ3) is 1.79. The van der Waals surface area contributed by atoms with Gasteiger partial charge in [-0.15, -0.1) is 0 Å². The van der Waals surface area contributed by atoms with E-state index in [1.807, 2.05) is 0 Å². The van der Waals surface area contributed by atoms with Gasteiger partial charge in [0.1, 0.15) is 5.75 Å². The Morgan fingerprint density at radius 1 is 1.44 bits per heavy atom. The molecule has 0 radical (unpaired) electrons. The molecule has 1 fully saturated rings. The van der Waals surface area contributed by atoms with Crippen molar-refractivity contribution in [3.8, 4) is 11.8 Å². The lowest BCUT2D eigenvalue weighted by Gasteiger charge is -2.18. The fraction of sp³-hybridized carbons (Fsp3) is 0.562. The second-order valence-electron chi connectivity index (χ2n) is 5.75. The molecule has 18 heavy (non-hydrogen) atoms. The first kappa shape index (κ1) is 13.0. The van der Waals surface area contributed by atoms with E-state index in [4.69, 9.17) is 4.74 Å². The quantitative estimate of drug-likeness (QED) is 0.806. The second-order valence-corrected chi connectivity index (χ2v) is 5.75. The van der Waals surface area contributed by atoms with Crippen molar-refractivity contribution in [2.45, 2.75) is 45.4 Å². The first-order chi connectivity index (χ1) is 8.46. The van der Waals surface area contributed by atoms with Crippen LogP contribution in [0, 0.1) is 24.2 Å². The molecule has 2 nitrogen and oxygen atoms in total. The number of aryl methyl sites for hydroxylation is 1. The lowest BCUT2D eigenvalue weighted by Crippen LogP contribution is -2.10. The van der Waals surface area contributed by atoms with Crippen LogP contribution in [0.15, 0.2) is 12.1 Å². The van der Waals surface area contributed by atoms with Gasteiger partial charge in [-0.2, -0.15) is 5.26 Å². The molecule has 0 aromatic heterocycles. The van der Waals surface area contributed by atoms with Gasteiger partial charge in [0, 0.05) is 0 Å². The van der Waals surface area contributed by atoms with Crippen LogP contribution in [0.3, 0.4) is 0 Å². The number of rotatable bonds is 3. The third-order valence-electron chi connectivity index (χ3n) is 4.19. The number of nitrogens with zero attached hydrogens (tertiary/aromatic N) is 1. The van der Waals surface area contributed by atoms with Crippen LogP contribution >= 0.6 is 0 Å². The van der Waals surface area contributed by atoms with E-state index in [0.717, 1.165) is 12.2 Å². The molecule has 2 heteroatoms. The average Bonchev–Trinajstić information content (AvgIpc) is 3.00. The fourth-order valence-electron chi connectivity index (χ4n) is 2.82. The standard InChI is InChI=1S/C16H21NO/c1-10(2)13-7-14(11(3)6-15(13)18-5)16(9-17)8-12(16)4/h6-7,10,12H,8H2,1-5H3. The van der Waals surface area contributed by atoms with Crippen molar-refractivity contribution in [2.75, 3.05) is 7.11 Å². The predicted octanol–water partition coefficient (Wildman–Crippen LogP) is 3.93. The highest BCUT2D eigenvalue weighted by Gasteiger charge is 2.54. The van der Waals surface area contributed by atoms with Crippen molar-refractivity contribution in [3.63, 3.8) is 0 Å². The summed E-state index contributed by atoms with van der Waals surface area (Å²) in [6.45, 7) is 8.55. The van der Waals surface area contributed by atoms with Crippen LogP contribution in [0.4, 0.5) is 0 Å². The Kier molecular flexibility index (Phi) is 3.11. The molecule has 0 spiro atoms. The van der Waals surface area contributed by atoms with Gasteiger partial charge in [-0.25, -0.2) is 0 Å². The molecule has 1 aliphatic rings. The van der Waals surface area contributed by atoms with Crippen LogP contribution in [-0.4, -0.2) is 7.11 Å². The van der Waals surface area contributed by atoms with E-state index >= 15 is 0 Å². The molecule has 1 aliphatic carbocycles. The van der Waals surface area contributed by atoms with Crippen molar-refractivity contribution in [3.05, 3.63) is 28.8 Å². The average molecular weight is 243 g/mol. The molecule has 2 atom stereocenters. The van der Waals surface area contributed by atoms with Gasteiger partial charge < -0.3 is 4.74 Å². The summed E-state index contributed by atoms with van der Waals surface area (Å²) in [6.07, 6.45) is 0.980. The highest BCUT2D eigenvalue weighted by molar-refractivity contribution is 5.52. The second kappa shape index (κ2) is 4.31. The maximum atomic E-state index is 9.48. The molecule has 1 aromatic rings. The summed E-state index contributed by atoms with van der Waals surface area (Å²) in [5.74, 6) is 1.81. The summed E-state index contributed by atoms with van der Waals surface area (Å²) < 4.78 is 5.45. The molecule has 96 valence electrons. The van der Waals surface area contributed by atoms with Gasteiger partial charge >= 0.3 is 0 Å². The summed E-state index contributed by atoms with van der Waals surface area (Å²) in [7, 11) is 1.71. The van der Waals surface area contributed by atoms with Gasteiger partial charge in [0.05, 0.1) is 18.6 Å². The van der Waals surface area contributed by atoms with E-state index in [9.17, 15) is 5.26 Å². The van der Waals surface area contributed by atoms with Gasteiger partial charge in [0.25, 0.3) is 0 Å². The summed E-state index contributed by atoms with van der Waals surface area (Å²) in [5.41, 5.74) is 3.32. The van der Waals surface area contributed by atoms with Crippen molar-refractivity contribution in [2.24, 2.45) is 5.92 Å². The summed E-state index contributed by atoms with van der Waals surface area (Å²) in [6, 6.07) is 6.79. The SMILES string of the molecule is COc1cc(C)c(C2(C#N)CC2C)cc1C(C)C. The Morgan fingerprint density at radius 3 is 2.44 bits per heavy atom. The molecule has 0 amide bonds. The van der Waals surface area contributed by atoms with Gasteiger partial charge in [-0.1, -0.05) is 20.8 Å². The molecule has 0 bridgehead atoms. The predicted molar refractivity (Wildman–Crippen MR) is 72.9 cm³/mol. The number of benzene rings is 1. The van der Waals surface area contributed by atoms with Crippen LogP contribution in [-0.2, 0) is 5.41 Å². The first-order valence-electron chi connectivity index (χ1n) is 6.56. The fourth-order valence-corrected chi connectivity index (χ4v) is 2.82. The molecule has 0 aliphatic heterocycles. The molecule has 0 saturated heterocycles. The minimum Gasteiger partial charge on any atom is -0.496 e. The van der Waals surface area contributed by atoms with Crippen LogP contribution in [0.5, 0.6) is 5.75 Å². The largest absolute Gasteiger partial charge is 0.496 e. The smallest absolute Gasteiger partial charge is 0.122 e. The summed E-state index contributed by atoms with van der Waals surface area (Å²) in [5, 5.41) is 9.48. The van der Waals surface area contributed by atoms with Crippen molar-refractivity contribution in [1.82, 2.24) is 0 Å². The molecule has 2 rings (SSSR count). The molecule has 1 saturated carbocycles. The molecule has 2 unspecified atom stereocenters. The van der Waals surface area contributed by atoms with Crippen LogP contribution in [0.2, 0.25) is 0 Å². The van der Waals surface area contributed by atoms with Gasteiger partial charge in [-0.05, 0) is 54.0 Å². The third-order valence-corrected chi connectivity index (χ3v) is 4.19. The first-order valence-corrected chi connectivity index (χ1v) is 6.56. The molecule has 0 N–H and O–H groups in total. The highest BCUT2D eigenvalue weighted by Crippen LogP contribution is 2.55. The number of ether oxygens (including phenoxy) is 1. The zero-order valence-electron chi connectivity index (χ0n) is 11.9. The normalized spacial score (nSPS) is 25.9. The van der Waals surface area contributed by atoms with E-state index in [0.29, 0.717) is 11.8 Å². The topological polar surface area (TPSA) is 33.0 Å². The minimum absolute atomic E-state index is 0.250. The van der Waals surface area contributed by atoms with Gasteiger partial charge in [0.15, 0.2) is 0 Å². The summed E-state index contributed by atoms with van der Waals surface area (Å²) >= 11 is 0. The van der Waals surface area contributed by atoms with E-state index < -0.39 is 0 Å². The number of methoxy groups -OCH3 is 1. The van der Waals surface area contributed by atoms with Crippen LogP contribution in [0.25, 0.3) is 0 Å². The molecular weight excluding hydrogens is 222 g/mol. The van der Waals surface area contributed by atoms with Crippen molar-refractivity contribution in [1.29, 1.82) is 5.26 Å². The number of hydrogen-bond donors (Lipinski definition) is 0. The van der Waals surface area contributed by atoms with E-state index in [2.05, 4.69) is 45.9 Å². The van der Waals surface area contributed by atoms with E-state index in [-0.39, 0.29) is 5.41 Å². The van der Waals surface area contributed by atoms with E-state index in [1.165, 1.54) is 16.7 Å². The molecular formula is C16H21NO. The molecule has 0 heterocycles. The zero-order valence-corrected chi connectivity index (χ0v) is 11.9. The van der Waals surface area contributed by atoms with Gasteiger partial charge in [0.2, 0.25) is 0 Å². The maximum absolute atomic E-state index is 9.48. The van der Waals surface area contributed by atoms with Crippen LogP contribution < -0.4 is 4.74 Å². The number of nitriles is 1. The maximum Gasteiger partial charge on any atom is 0.122 e. The lowest BCUT2D eigenvalue weighted by atomic mass is 9.87. The monoisotopic (exact) mass is 243 g/mol. The van der Waals surface area contributed by atoms with Crippen LogP contribution in [0.1, 0.15) is 49.8 Å². The lowest BCUT2D eigenvalue weighted by molar-refractivity contribution is 0.407. The highest BCUT2D eigenvalue weighted by atomic mass is 16.5. The Balaban J connectivity index is 2.57. The number of hydrogen-bond acceptors (Lipinski definition) is 2. The van der Waals surface area contributed by atoms with Crippen molar-refractivity contribution < 1.29 is 4.74 Å².